The predicted molar refractivity (Wildman–Crippen MR) is 81.5 cm³/mol. The monoisotopic (exact) mass is 299 g/mol. The van der Waals surface area contributed by atoms with Crippen molar-refractivity contribution in [1.29, 1.82) is 0 Å². The Bertz CT molecular complexity index is 352. The van der Waals surface area contributed by atoms with Crippen molar-refractivity contribution in [3.63, 3.8) is 0 Å². The van der Waals surface area contributed by atoms with Gasteiger partial charge in [0.25, 0.3) is 0 Å². The summed E-state index contributed by atoms with van der Waals surface area (Å²) in [6.45, 7) is 13.7. The first kappa shape index (κ1) is 16.5. The van der Waals surface area contributed by atoms with Gasteiger partial charge in [-0.05, 0) is 27.7 Å². The molecule has 0 unspecified atom stereocenters. The Hall–Kier alpha value is -0.850. The quantitative estimate of drug-likeness (QED) is 0.842. The SMILES string of the molecule is C[C@@H]1CN(C(=O)NCCN2CCOCC2(C)C)C[C@H](C)O1. The third kappa shape index (κ3) is 4.56. The molecule has 0 bridgehead atoms. The highest BCUT2D eigenvalue weighted by Crippen LogP contribution is 2.18. The first-order valence-electron chi connectivity index (χ1n) is 7.89. The molecule has 0 aliphatic carbocycles. The van der Waals surface area contributed by atoms with E-state index in [0.717, 1.165) is 26.3 Å². The lowest BCUT2D eigenvalue weighted by Gasteiger charge is -2.42. The molecule has 6 heteroatoms. The van der Waals surface area contributed by atoms with Crippen molar-refractivity contribution < 1.29 is 14.3 Å². The maximum atomic E-state index is 12.2. The molecule has 2 heterocycles. The number of rotatable bonds is 3. The highest BCUT2D eigenvalue weighted by molar-refractivity contribution is 5.74. The van der Waals surface area contributed by atoms with Gasteiger partial charge in [-0.2, -0.15) is 0 Å². The van der Waals surface area contributed by atoms with Crippen LogP contribution in [0.25, 0.3) is 0 Å². The molecule has 122 valence electrons. The van der Waals surface area contributed by atoms with E-state index in [0.29, 0.717) is 19.6 Å². The average Bonchev–Trinajstić information content (AvgIpc) is 2.39. The number of amides is 2. The molecular weight excluding hydrogens is 270 g/mol. The molecule has 2 atom stereocenters. The second-order valence-corrected chi connectivity index (χ2v) is 6.75. The number of hydrogen-bond donors (Lipinski definition) is 1. The standard InChI is InChI=1S/C15H29N3O3/c1-12-9-17(10-13(2)21-12)14(19)16-5-6-18-7-8-20-11-15(18,3)4/h12-13H,5-11H2,1-4H3,(H,16,19)/t12-,13+. The van der Waals surface area contributed by atoms with E-state index in [4.69, 9.17) is 9.47 Å². The Morgan fingerprint density at radius 1 is 1.29 bits per heavy atom. The highest BCUT2D eigenvalue weighted by Gasteiger charge is 2.30. The lowest BCUT2D eigenvalue weighted by atomic mass is 10.0. The number of hydrogen-bond acceptors (Lipinski definition) is 4. The summed E-state index contributed by atoms with van der Waals surface area (Å²) in [7, 11) is 0. The van der Waals surface area contributed by atoms with Gasteiger partial charge < -0.3 is 19.7 Å². The summed E-state index contributed by atoms with van der Waals surface area (Å²) in [4.78, 5) is 16.4. The highest BCUT2D eigenvalue weighted by atomic mass is 16.5. The summed E-state index contributed by atoms with van der Waals surface area (Å²) in [5.74, 6) is 0. The van der Waals surface area contributed by atoms with Crippen molar-refractivity contribution in [2.24, 2.45) is 0 Å². The first-order chi connectivity index (χ1) is 9.88. The van der Waals surface area contributed by atoms with Crippen LogP contribution in [0.3, 0.4) is 0 Å². The molecule has 0 aromatic carbocycles. The van der Waals surface area contributed by atoms with Gasteiger partial charge in [0.1, 0.15) is 0 Å². The lowest BCUT2D eigenvalue weighted by Crippen LogP contribution is -2.56. The van der Waals surface area contributed by atoms with Gasteiger partial charge in [0, 0.05) is 38.3 Å². The molecule has 0 spiro atoms. The Labute approximate surface area is 127 Å². The van der Waals surface area contributed by atoms with Crippen LogP contribution < -0.4 is 5.32 Å². The summed E-state index contributed by atoms with van der Waals surface area (Å²) in [5, 5.41) is 3.03. The summed E-state index contributed by atoms with van der Waals surface area (Å²) in [5.41, 5.74) is 0.0466. The molecule has 2 aliphatic heterocycles. The predicted octanol–water partition coefficient (Wildman–Crippen LogP) is 0.916. The number of urea groups is 1. The average molecular weight is 299 g/mol. The van der Waals surface area contributed by atoms with Crippen molar-refractivity contribution in [3.8, 4) is 0 Å². The van der Waals surface area contributed by atoms with Crippen LogP contribution in [-0.4, -0.2) is 79.5 Å². The van der Waals surface area contributed by atoms with E-state index in [1.165, 1.54) is 0 Å². The Morgan fingerprint density at radius 2 is 1.95 bits per heavy atom. The zero-order valence-corrected chi connectivity index (χ0v) is 13.7. The van der Waals surface area contributed by atoms with Crippen molar-refractivity contribution >= 4 is 6.03 Å². The Kier molecular flexibility index (Phi) is 5.46. The number of nitrogens with one attached hydrogen (secondary N) is 1. The van der Waals surface area contributed by atoms with Crippen LogP contribution in [0.1, 0.15) is 27.7 Å². The van der Waals surface area contributed by atoms with Crippen molar-refractivity contribution in [2.75, 3.05) is 45.9 Å². The molecule has 2 fully saturated rings. The second-order valence-electron chi connectivity index (χ2n) is 6.75. The van der Waals surface area contributed by atoms with Crippen molar-refractivity contribution in [3.05, 3.63) is 0 Å². The minimum atomic E-state index is 0.0167. The largest absolute Gasteiger partial charge is 0.378 e. The van der Waals surface area contributed by atoms with Crippen molar-refractivity contribution in [2.45, 2.75) is 45.4 Å². The molecule has 2 saturated heterocycles. The zero-order valence-electron chi connectivity index (χ0n) is 13.7. The summed E-state index contributed by atoms with van der Waals surface area (Å²) in [6.07, 6.45) is 0.218. The van der Waals surface area contributed by atoms with Gasteiger partial charge in [-0.25, -0.2) is 4.79 Å². The summed E-state index contributed by atoms with van der Waals surface area (Å²) < 4.78 is 11.2. The number of carbonyl (C=O) groups excluding carboxylic acids is 1. The van der Waals surface area contributed by atoms with Gasteiger partial charge >= 0.3 is 6.03 Å². The molecule has 1 N–H and O–H groups in total. The van der Waals surface area contributed by atoms with E-state index in [2.05, 4.69) is 24.1 Å². The van der Waals surface area contributed by atoms with E-state index < -0.39 is 0 Å². The van der Waals surface area contributed by atoms with Crippen LogP contribution in [0, 0.1) is 0 Å². The van der Waals surface area contributed by atoms with E-state index in [9.17, 15) is 4.79 Å². The molecule has 0 aromatic heterocycles. The van der Waals surface area contributed by atoms with Crippen LogP contribution in [0.15, 0.2) is 0 Å². The van der Waals surface area contributed by atoms with Crippen molar-refractivity contribution in [1.82, 2.24) is 15.1 Å². The number of morpholine rings is 2. The zero-order chi connectivity index (χ0) is 15.5. The fourth-order valence-electron chi connectivity index (χ4n) is 3.06. The van der Waals surface area contributed by atoms with Gasteiger partial charge in [0.15, 0.2) is 0 Å². The fraction of sp³-hybridized carbons (Fsp3) is 0.933. The molecule has 0 aromatic rings. The topological polar surface area (TPSA) is 54.0 Å². The second kappa shape index (κ2) is 6.94. The van der Waals surface area contributed by atoms with Gasteiger partial charge in [0.2, 0.25) is 0 Å². The van der Waals surface area contributed by atoms with Gasteiger partial charge in [-0.1, -0.05) is 0 Å². The normalized spacial score (nSPS) is 30.2. The molecule has 2 aliphatic rings. The van der Waals surface area contributed by atoms with E-state index in [1.54, 1.807) is 0 Å². The maximum absolute atomic E-state index is 12.2. The molecule has 2 amide bonds. The van der Waals surface area contributed by atoms with Crippen LogP contribution in [-0.2, 0) is 9.47 Å². The Morgan fingerprint density at radius 3 is 2.57 bits per heavy atom. The van der Waals surface area contributed by atoms with E-state index in [1.807, 2.05) is 18.7 Å². The van der Waals surface area contributed by atoms with Gasteiger partial charge in [-0.15, -0.1) is 0 Å². The molecule has 2 rings (SSSR count). The van der Waals surface area contributed by atoms with Crippen LogP contribution in [0.5, 0.6) is 0 Å². The molecule has 21 heavy (non-hydrogen) atoms. The third-order valence-electron chi connectivity index (χ3n) is 4.18. The molecular formula is C15H29N3O3. The lowest BCUT2D eigenvalue weighted by molar-refractivity contribution is -0.0560. The third-order valence-corrected chi connectivity index (χ3v) is 4.18. The number of carbonyl (C=O) groups is 1. The van der Waals surface area contributed by atoms with Crippen LogP contribution in [0.2, 0.25) is 0 Å². The number of nitrogens with zero attached hydrogens (tertiary/aromatic N) is 2. The van der Waals surface area contributed by atoms with Crippen LogP contribution in [0.4, 0.5) is 4.79 Å². The minimum Gasteiger partial charge on any atom is -0.378 e. The summed E-state index contributed by atoms with van der Waals surface area (Å²) in [6, 6.07) is 0.0167. The maximum Gasteiger partial charge on any atom is 0.317 e. The molecule has 0 saturated carbocycles. The molecule has 6 nitrogen and oxygen atoms in total. The fourth-order valence-corrected chi connectivity index (χ4v) is 3.06. The first-order valence-corrected chi connectivity index (χ1v) is 7.89. The molecule has 0 radical (unpaired) electrons. The number of ether oxygens (including phenoxy) is 2. The van der Waals surface area contributed by atoms with E-state index in [-0.39, 0.29) is 23.8 Å². The summed E-state index contributed by atoms with van der Waals surface area (Å²) >= 11 is 0. The minimum absolute atomic E-state index is 0.0167. The van der Waals surface area contributed by atoms with Gasteiger partial charge in [-0.3, -0.25) is 4.90 Å². The smallest absolute Gasteiger partial charge is 0.317 e. The Balaban J connectivity index is 1.74. The van der Waals surface area contributed by atoms with E-state index >= 15 is 0 Å². The van der Waals surface area contributed by atoms with Crippen LogP contribution >= 0.6 is 0 Å². The van der Waals surface area contributed by atoms with Gasteiger partial charge in [0.05, 0.1) is 25.4 Å².